The van der Waals surface area contributed by atoms with Gasteiger partial charge in [0, 0.05) is 25.2 Å². The Balaban J connectivity index is 2.12. The van der Waals surface area contributed by atoms with E-state index in [0.29, 0.717) is 26.4 Å². The average molecular weight is 324 g/mol. The number of rotatable bonds is 8. The van der Waals surface area contributed by atoms with Crippen LogP contribution >= 0.6 is 0 Å². The molecule has 1 atom stereocenters. The summed E-state index contributed by atoms with van der Waals surface area (Å²) in [4.78, 5) is 4.32. The molecule has 1 aliphatic rings. The summed E-state index contributed by atoms with van der Waals surface area (Å²) in [5.41, 5.74) is 1.07. The van der Waals surface area contributed by atoms with Gasteiger partial charge in [-0.15, -0.1) is 0 Å². The van der Waals surface area contributed by atoms with E-state index in [1.165, 1.54) is 0 Å². The van der Waals surface area contributed by atoms with Crippen LogP contribution in [-0.2, 0) is 11.3 Å². The lowest BCUT2D eigenvalue weighted by molar-refractivity contribution is -0.0315. The average Bonchev–Trinajstić information content (AvgIpc) is 2.56. The summed E-state index contributed by atoms with van der Waals surface area (Å²) in [6.45, 7) is 4.32. The van der Waals surface area contributed by atoms with Crippen molar-refractivity contribution in [2.75, 3.05) is 60.7 Å². The van der Waals surface area contributed by atoms with Crippen molar-refractivity contribution in [1.82, 2.24) is 9.80 Å². The van der Waals surface area contributed by atoms with Crippen LogP contribution in [0.4, 0.5) is 0 Å². The number of nitrogens with zero attached hydrogens (tertiary/aromatic N) is 2. The lowest BCUT2D eigenvalue weighted by Gasteiger charge is -2.34. The van der Waals surface area contributed by atoms with E-state index >= 15 is 0 Å². The Kier molecular flexibility index (Phi) is 7.11. The molecule has 6 heteroatoms. The van der Waals surface area contributed by atoms with Gasteiger partial charge in [-0.05, 0) is 20.2 Å². The zero-order chi connectivity index (χ0) is 16.7. The highest BCUT2D eigenvalue weighted by Crippen LogP contribution is 2.32. The molecule has 1 saturated heterocycles. The van der Waals surface area contributed by atoms with Gasteiger partial charge < -0.3 is 24.2 Å². The second kappa shape index (κ2) is 9.08. The first kappa shape index (κ1) is 18.0. The van der Waals surface area contributed by atoms with E-state index in [4.69, 9.17) is 14.2 Å². The van der Waals surface area contributed by atoms with E-state index in [2.05, 4.69) is 15.9 Å². The van der Waals surface area contributed by atoms with E-state index in [1.807, 2.05) is 26.2 Å². The number of benzene rings is 1. The van der Waals surface area contributed by atoms with Crippen molar-refractivity contribution in [3.63, 3.8) is 0 Å². The Morgan fingerprint density at radius 1 is 1.39 bits per heavy atom. The molecular weight excluding hydrogens is 296 g/mol. The molecule has 1 aliphatic heterocycles. The molecule has 0 amide bonds. The van der Waals surface area contributed by atoms with Crippen molar-refractivity contribution in [3.8, 4) is 11.5 Å². The van der Waals surface area contributed by atoms with Crippen molar-refractivity contribution < 1.29 is 19.3 Å². The lowest BCUT2D eigenvalue weighted by Crippen LogP contribution is -2.46. The summed E-state index contributed by atoms with van der Waals surface area (Å²) in [7, 11) is 5.70. The van der Waals surface area contributed by atoms with Crippen LogP contribution < -0.4 is 9.47 Å². The Morgan fingerprint density at radius 2 is 2.22 bits per heavy atom. The van der Waals surface area contributed by atoms with Gasteiger partial charge in [0.25, 0.3) is 0 Å². The largest absolute Gasteiger partial charge is 0.493 e. The van der Waals surface area contributed by atoms with Gasteiger partial charge in [0.15, 0.2) is 11.5 Å². The second-order valence-corrected chi connectivity index (χ2v) is 5.98. The van der Waals surface area contributed by atoms with E-state index in [-0.39, 0.29) is 12.6 Å². The zero-order valence-corrected chi connectivity index (χ0v) is 14.3. The fourth-order valence-corrected chi connectivity index (χ4v) is 2.62. The minimum atomic E-state index is 0.0320. The molecule has 1 heterocycles. The molecule has 1 aromatic carbocycles. The Morgan fingerprint density at radius 3 is 2.91 bits per heavy atom. The molecule has 23 heavy (non-hydrogen) atoms. The van der Waals surface area contributed by atoms with Crippen LogP contribution in [-0.4, -0.2) is 81.7 Å². The summed E-state index contributed by atoms with van der Waals surface area (Å²) in [5, 5.41) is 9.53. The van der Waals surface area contributed by atoms with Crippen molar-refractivity contribution in [3.05, 3.63) is 23.8 Å². The lowest BCUT2D eigenvalue weighted by atomic mass is 10.1. The van der Waals surface area contributed by atoms with Gasteiger partial charge in [0.05, 0.1) is 33.0 Å². The molecule has 0 saturated carbocycles. The highest BCUT2D eigenvalue weighted by Gasteiger charge is 2.24. The van der Waals surface area contributed by atoms with Crippen LogP contribution in [0.15, 0.2) is 18.2 Å². The number of likely N-dealkylation sites (N-methyl/N-ethyl adjacent to an activating group) is 1. The molecule has 0 unspecified atom stereocenters. The van der Waals surface area contributed by atoms with Gasteiger partial charge in [-0.3, -0.25) is 4.90 Å². The quantitative estimate of drug-likeness (QED) is 0.764. The van der Waals surface area contributed by atoms with Crippen LogP contribution in [0, 0.1) is 0 Å². The molecule has 1 fully saturated rings. The maximum Gasteiger partial charge on any atom is 0.165 e. The summed E-state index contributed by atoms with van der Waals surface area (Å²) in [6, 6.07) is 5.97. The van der Waals surface area contributed by atoms with Gasteiger partial charge in [0.1, 0.15) is 6.61 Å². The van der Waals surface area contributed by atoms with Gasteiger partial charge in [-0.2, -0.15) is 0 Å². The fraction of sp³-hybridized carbons (Fsp3) is 0.647. The molecule has 0 bridgehead atoms. The molecular formula is C17H28N2O4. The Hall–Kier alpha value is -1.34. The Labute approximate surface area is 138 Å². The van der Waals surface area contributed by atoms with Gasteiger partial charge in [0.2, 0.25) is 0 Å². The van der Waals surface area contributed by atoms with Crippen molar-refractivity contribution in [2.24, 2.45) is 0 Å². The third kappa shape index (κ3) is 5.07. The third-order valence-corrected chi connectivity index (χ3v) is 4.00. The monoisotopic (exact) mass is 324 g/mol. The topological polar surface area (TPSA) is 54.4 Å². The zero-order valence-electron chi connectivity index (χ0n) is 14.3. The highest BCUT2D eigenvalue weighted by atomic mass is 16.5. The van der Waals surface area contributed by atoms with Crippen molar-refractivity contribution >= 4 is 0 Å². The van der Waals surface area contributed by atoms with Gasteiger partial charge in [-0.1, -0.05) is 12.1 Å². The Bertz CT molecular complexity index is 482. The van der Waals surface area contributed by atoms with E-state index in [0.717, 1.165) is 30.2 Å². The smallest absolute Gasteiger partial charge is 0.165 e. The third-order valence-electron chi connectivity index (χ3n) is 4.00. The van der Waals surface area contributed by atoms with Gasteiger partial charge in [-0.25, -0.2) is 0 Å². The van der Waals surface area contributed by atoms with Crippen LogP contribution in [0.2, 0.25) is 0 Å². The molecule has 2 rings (SSSR count). The predicted octanol–water partition coefficient (Wildman–Crippen LogP) is 0.829. The van der Waals surface area contributed by atoms with Crippen LogP contribution in [0.1, 0.15) is 5.56 Å². The first-order chi connectivity index (χ1) is 11.2. The number of hydrogen-bond acceptors (Lipinski definition) is 6. The number of hydrogen-bond donors (Lipinski definition) is 1. The fourth-order valence-electron chi connectivity index (χ4n) is 2.62. The molecule has 1 N–H and O–H groups in total. The SMILES string of the molecule is COc1cccc(CN2CCOC[C@@H]2CO)c1OCCN(C)C. The summed E-state index contributed by atoms with van der Waals surface area (Å²) < 4.78 is 16.9. The number of morpholine rings is 1. The molecule has 6 nitrogen and oxygen atoms in total. The first-order valence-corrected chi connectivity index (χ1v) is 8.01. The molecule has 0 aromatic heterocycles. The normalized spacial score (nSPS) is 19.1. The predicted molar refractivity (Wildman–Crippen MR) is 89.1 cm³/mol. The summed E-state index contributed by atoms with van der Waals surface area (Å²) in [5.74, 6) is 1.54. The molecule has 0 radical (unpaired) electrons. The van der Waals surface area contributed by atoms with Crippen molar-refractivity contribution in [2.45, 2.75) is 12.6 Å². The number of aliphatic hydroxyl groups excluding tert-OH is 1. The first-order valence-electron chi connectivity index (χ1n) is 8.01. The van der Waals surface area contributed by atoms with Crippen LogP contribution in [0.3, 0.4) is 0 Å². The standard InChI is InChI=1S/C17H28N2O4/c1-18(2)7-10-23-17-14(5-4-6-16(17)21-3)11-19-8-9-22-13-15(19)12-20/h4-6,15,20H,7-13H2,1-3H3/t15-/m0/s1. The van der Waals surface area contributed by atoms with Gasteiger partial charge >= 0.3 is 0 Å². The highest BCUT2D eigenvalue weighted by molar-refractivity contribution is 5.46. The minimum Gasteiger partial charge on any atom is -0.493 e. The summed E-state index contributed by atoms with van der Waals surface area (Å²) >= 11 is 0. The van der Waals surface area contributed by atoms with E-state index in [1.54, 1.807) is 7.11 Å². The maximum atomic E-state index is 9.53. The van der Waals surface area contributed by atoms with Crippen LogP contribution in [0.5, 0.6) is 11.5 Å². The number of aliphatic hydroxyl groups is 1. The summed E-state index contributed by atoms with van der Waals surface area (Å²) in [6.07, 6.45) is 0. The number of para-hydroxylation sites is 1. The van der Waals surface area contributed by atoms with E-state index in [9.17, 15) is 5.11 Å². The molecule has 0 spiro atoms. The minimum absolute atomic E-state index is 0.0320. The van der Waals surface area contributed by atoms with Crippen LogP contribution in [0.25, 0.3) is 0 Å². The molecule has 0 aliphatic carbocycles. The van der Waals surface area contributed by atoms with E-state index < -0.39 is 0 Å². The molecule has 1 aromatic rings. The van der Waals surface area contributed by atoms with Crippen molar-refractivity contribution in [1.29, 1.82) is 0 Å². The molecule has 130 valence electrons. The number of methoxy groups -OCH3 is 1. The second-order valence-electron chi connectivity index (χ2n) is 5.98. The maximum absolute atomic E-state index is 9.53. The number of ether oxygens (including phenoxy) is 3.